The van der Waals surface area contributed by atoms with Gasteiger partial charge >= 0.3 is 68.9 Å². The third-order valence-electron chi connectivity index (χ3n) is 3.68. The summed E-state index contributed by atoms with van der Waals surface area (Å²) in [5.74, 6) is -0.669. The summed E-state index contributed by atoms with van der Waals surface area (Å²) in [6.45, 7) is -1.13. The van der Waals surface area contributed by atoms with Crippen LogP contribution in [0, 0.1) is 6.92 Å². The van der Waals surface area contributed by atoms with Crippen molar-refractivity contribution in [2.24, 2.45) is 0 Å². The molecule has 0 aliphatic carbocycles. The summed E-state index contributed by atoms with van der Waals surface area (Å²) < 4.78 is 77.3. The molecule has 1 aromatic carbocycles. The number of benzene rings is 1. The Morgan fingerprint density at radius 1 is 1.25 bits per heavy atom. The molecule has 0 spiro atoms. The van der Waals surface area contributed by atoms with E-state index in [0.29, 0.717) is 32.2 Å². The van der Waals surface area contributed by atoms with Crippen molar-refractivity contribution in [1.82, 2.24) is 10.2 Å². The summed E-state index contributed by atoms with van der Waals surface area (Å²) in [6, 6.07) is 1.66. The minimum absolute atomic E-state index is 0. The van der Waals surface area contributed by atoms with Gasteiger partial charge in [-0.2, -0.15) is 8.42 Å². The van der Waals surface area contributed by atoms with Gasteiger partial charge in [-0.1, -0.05) is 9.45 Å². The van der Waals surface area contributed by atoms with Crippen molar-refractivity contribution in [3.8, 4) is 5.75 Å². The molecule has 24 heavy (non-hydrogen) atoms. The fourth-order valence-electron chi connectivity index (χ4n) is 2.55. The molecule has 0 atom stereocenters. The predicted octanol–water partition coefficient (Wildman–Crippen LogP) is -1.95. The molecule has 0 bridgehead atoms. The van der Waals surface area contributed by atoms with Crippen LogP contribution in [0.1, 0.15) is 11.1 Å². The summed E-state index contributed by atoms with van der Waals surface area (Å²) in [6.07, 6.45) is 0. The monoisotopic (exact) mass is 394 g/mol. The third kappa shape index (κ3) is 6.56. The van der Waals surface area contributed by atoms with E-state index >= 15 is 0 Å². The maximum Gasteiger partial charge on any atom is 1.00 e. The molecule has 2 rings (SSSR count). The van der Waals surface area contributed by atoms with E-state index in [2.05, 4.69) is 9.50 Å². The van der Waals surface area contributed by atoms with Gasteiger partial charge in [-0.3, -0.25) is 4.90 Å². The average molecular weight is 394 g/mol. The Bertz CT molecular complexity index is 682. The molecule has 1 N–H and O–H groups in total. The molecule has 1 aromatic rings. The van der Waals surface area contributed by atoms with E-state index in [4.69, 9.17) is 0 Å². The zero-order valence-electron chi connectivity index (χ0n) is 13.4. The van der Waals surface area contributed by atoms with Crippen molar-refractivity contribution in [2.75, 3.05) is 26.2 Å². The van der Waals surface area contributed by atoms with E-state index in [1.54, 1.807) is 0 Å². The molecule has 1 saturated heterocycles. The van der Waals surface area contributed by atoms with E-state index < -0.39 is 28.7 Å². The number of rotatable bonds is 5. The van der Waals surface area contributed by atoms with Gasteiger partial charge in [0.25, 0.3) is 0 Å². The number of hydrogen-bond acceptors (Lipinski definition) is 5. The number of nitrogens with one attached hydrogen (secondary N) is 1. The molecule has 0 unspecified atom stereocenters. The van der Waals surface area contributed by atoms with Gasteiger partial charge in [0.2, 0.25) is 0 Å². The smallest absolute Gasteiger partial charge is 0.445 e. The van der Waals surface area contributed by atoms with Gasteiger partial charge in [-0.05, 0) is 24.6 Å². The van der Waals surface area contributed by atoms with Gasteiger partial charge < -0.3 is 22.4 Å². The molecule has 12 heteroatoms. The molecule has 1 aliphatic rings. The van der Waals surface area contributed by atoms with Crippen LogP contribution in [0.15, 0.2) is 12.1 Å². The first-order chi connectivity index (χ1) is 10.6. The fraction of sp³-hybridized carbons (Fsp3) is 0.500. The SMILES string of the molecule is Cc1c(CN2CCNCC2)cc(OS(=O)(=O)F)cc1[B-](F)(F)F.[K+]. The number of nitrogens with zero attached hydrogens (tertiary/aromatic N) is 1. The van der Waals surface area contributed by atoms with Crippen LogP contribution in [0.25, 0.3) is 0 Å². The molecule has 0 aromatic heterocycles. The van der Waals surface area contributed by atoms with Crippen LogP contribution < -0.4 is 66.3 Å². The summed E-state index contributed by atoms with van der Waals surface area (Å²) >= 11 is 0. The molecule has 0 saturated carbocycles. The first kappa shape index (κ1) is 22.4. The van der Waals surface area contributed by atoms with Crippen molar-refractivity contribution in [3.63, 3.8) is 0 Å². The van der Waals surface area contributed by atoms with E-state index in [9.17, 15) is 25.3 Å². The summed E-state index contributed by atoms with van der Waals surface area (Å²) in [7, 11) is -5.39. The van der Waals surface area contributed by atoms with Crippen LogP contribution in [0.2, 0.25) is 0 Å². The van der Waals surface area contributed by atoms with E-state index in [0.717, 1.165) is 6.07 Å². The van der Waals surface area contributed by atoms with Crippen LogP contribution >= 0.6 is 0 Å². The Morgan fingerprint density at radius 3 is 2.33 bits per heavy atom. The Hall–Kier alpha value is 0.311. The van der Waals surface area contributed by atoms with Crippen molar-refractivity contribution in [2.45, 2.75) is 13.5 Å². The Kier molecular flexibility index (Phi) is 8.20. The number of halogens is 4. The summed E-state index contributed by atoms with van der Waals surface area (Å²) in [4.78, 5) is 1.93. The number of hydrogen-bond donors (Lipinski definition) is 1. The van der Waals surface area contributed by atoms with Gasteiger partial charge in [-0.15, -0.1) is 5.46 Å². The van der Waals surface area contributed by atoms with Crippen molar-refractivity contribution in [3.05, 3.63) is 23.3 Å². The van der Waals surface area contributed by atoms with Crippen LogP contribution in [-0.4, -0.2) is 46.5 Å². The van der Waals surface area contributed by atoms with Gasteiger partial charge in [0, 0.05) is 32.7 Å². The molecule has 1 aliphatic heterocycles. The van der Waals surface area contributed by atoms with E-state index in [1.807, 2.05) is 4.90 Å². The first-order valence-corrected chi connectivity index (χ1v) is 8.27. The van der Waals surface area contributed by atoms with Gasteiger partial charge in [0.05, 0.1) is 0 Å². The van der Waals surface area contributed by atoms with Crippen molar-refractivity contribution >= 4 is 22.9 Å². The molecular formula is C12H16BF4KN2O3S. The molecular weight excluding hydrogens is 378 g/mol. The van der Waals surface area contributed by atoms with Gasteiger partial charge in [0.1, 0.15) is 5.75 Å². The zero-order chi connectivity index (χ0) is 17.3. The third-order valence-corrected chi connectivity index (χ3v) is 4.07. The van der Waals surface area contributed by atoms with Gasteiger partial charge in [0.15, 0.2) is 0 Å². The molecule has 0 amide bonds. The van der Waals surface area contributed by atoms with Gasteiger partial charge in [-0.25, -0.2) is 0 Å². The Balaban J connectivity index is 0.00000288. The molecule has 1 fully saturated rings. The topological polar surface area (TPSA) is 58.6 Å². The largest absolute Gasteiger partial charge is 1.00 e. The summed E-state index contributed by atoms with van der Waals surface area (Å²) in [5, 5.41) is 3.12. The molecule has 130 valence electrons. The second-order valence-electron chi connectivity index (χ2n) is 5.37. The minimum atomic E-state index is -5.39. The standard InChI is InChI=1S/C12H16BF4N2O3S.K/c1-9-10(8-19-4-2-18-3-5-19)6-11(22-23(17,20)21)7-12(9)13(14,15)16;/h6-7,18H,2-5,8H2,1H3;/q-1;+1. The summed E-state index contributed by atoms with van der Waals surface area (Å²) in [5.41, 5.74) is -0.710. The fourth-order valence-corrected chi connectivity index (χ4v) is 2.87. The van der Waals surface area contributed by atoms with Crippen LogP contribution in [0.4, 0.5) is 16.8 Å². The van der Waals surface area contributed by atoms with E-state index in [-0.39, 0.29) is 69.1 Å². The Morgan fingerprint density at radius 2 is 1.83 bits per heavy atom. The molecule has 1 heterocycles. The predicted molar refractivity (Wildman–Crippen MR) is 78.7 cm³/mol. The molecule has 5 nitrogen and oxygen atoms in total. The van der Waals surface area contributed by atoms with Crippen LogP contribution in [0.5, 0.6) is 5.75 Å². The first-order valence-electron chi connectivity index (χ1n) is 6.97. The number of piperazine rings is 1. The second-order valence-corrected chi connectivity index (χ2v) is 6.33. The second kappa shape index (κ2) is 8.80. The van der Waals surface area contributed by atoms with Crippen molar-refractivity contribution < 1.29 is 80.8 Å². The minimum Gasteiger partial charge on any atom is -0.445 e. The zero-order valence-corrected chi connectivity index (χ0v) is 17.3. The van der Waals surface area contributed by atoms with E-state index in [1.165, 1.54) is 6.92 Å². The van der Waals surface area contributed by atoms with Crippen LogP contribution in [-0.2, 0) is 17.0 Å². The maximum atomic E-state index is 13.2. The Labute approximate surface area is 181 Å². The normalized spacial score (nSPS) is 16.5. The van der Waals surface area contributed by atoms with Crippen LogP contribution in [0.3, 0.4) is 0 Å². The molecule has 0 radical (unpaired) electrons. The average Bonchev–Trinajstić information content (AvgIpc) is 2.40. The quantitative estimate of drug-likeness (QED) is 0.358. The maximum absolute atomic E-state index is 13.2. The van der Waals surface area contributed by atoms with Crippen molar-refractivity contribution in [1.29, 1.82) is 0 Å².